The van der Waals surface area contributed by atoms with Crippen LogP contribution in [-0.2, 0) is 6.42 Å². The van der Waals surface area contributed by atoms with Crippen LogP contribution in [0.5, 0.6) is 0 Å². The average molecular weight is 383 g/mol. The second kappa shape index (κ2) is 12.3. The van der Waals surface area contributed by atoms with Crippen molar-refractivity contribution < 1.29 is 8.81 Å². The molecule has 0 aromatic carbocycles. The van der Waals surface area contributed by atoms with Crippen LogP contribution in [0, 0.1) is 0 Å². The van der Waals surface area contributed by atoms with Crippen LogP contribution >= 0.6 is 24.0 Å². The van der Waals surface area contributed by atoms with Gasteiger partial charge in [0, 0.05) is 26.1 Å². The first-order valence-corrected chi connectivity index (χ1v) is 6.47. The Morgan fingerprint density at radius 3 is 2.79 bits per heavy atom. The lowest BCUT2D eigenvalue weighted by Gasteiger charge is -2.11. The van der Waals surface area contributed by atoms with Gasteiger partial charge in [0.1, 0.15) is 5.76 Å². The van der Waals surface area contributed by atoms with Gasteiger partial charge in [-0.3, -0.25) is 9.38 Å². The number of rotatable bonds is 8. The zero-order chi connectivity index (χ0) is 13.1. The minimum absolute atomic E-state index is 0. The molecule has 6 heteroatoms. The number of alkyl halides is 1. The second-order valence-corrected chi connectivity index (χ2v) is 3.96. The lowest BCUT2D eigenvalue weighted by atomic mass is 10.3. The monoisotopic (exact) mass is 383 g/mol. The van der Waals surface area contributed by atoms with Crippen molar-refractivity contribution in [3.05, 3.63) is 24.2 Å². The van der Waals surface area contributed by atoms with E-state index in [1.807, 2.05) is 12.1 Å². The first-order chi connectivity index (χ1) is 8.86. The van der Waals surface area contributed by atoms with Gasteiger partial charge in [-0.2, -0.15) is 0 Å². The zero-order valence-electron chi connectivity index (χ0n) is 11.3. The van der Waals surface area contributed by atoms with E-state index in [0.717, 1.165) is 37.7 Å². The van der Waals surface area contributed by atoms with Gasteiger partial charge < -0.3 is 15.1 Å². The summed E-state index contributed by atoms with van der Waals surface area (Å²) in [7, 11) is 0. The number of nitrogens with one attached hydrogen (secondary N) is 2. The van der Waals surface area contributed by atoms with Gasteiger partial charge >= 0.3 is 0 Å². The average Bonchev–Trinajstić information content (AvgIpc) is 2.88. The maximum atomic E-state index is 12.0. The highest BCUT2D eigenvalue weighted by atomic mass is 127. The van der Waals surface area contributed by atoms with Crippen LogP contribution in [0.2, 0.25) is 0 Å². The summed E-state index contributed by atoms with van der Waals surface area (Å²) in [5, 5.41) is 6.31. The van der Waals surface area contributed by atoms with Crippen molar-refractivity contribution in [1.82, 2.24) is 10.6 Å². The molecule has 1 heterocycles. The lowest BCUT2D eigenvalue weighted by Crippen LogP contribution is -2.39. The Morgan fingerprint density at radius 1 is 1.37 bits per heavy atom. The summed E-state index contributed by atoms with van der Waals surface area (Å²) in [6, 6.07) is 3.82. The fourth-order valence-electron chi connectivity index (χ4n) is 1.43. The van der Waals surface area contributed by atoms with E-state index in [0.29, 0.717) is 13.0 Å². The molecule has 0 amide bonds. The van der Waals surface area contributed by atoms with Gasteiger partial charge in [-0.1, -0.05) is 6.92 Å². The number of nitrogens with zero attached hydrogens (tertiary/aromatic N) is 1. The predicted molar refractivity (Wildman–Crippen MR) is 87.0 cm³/mol. The van der Waals surface area contributed by atoms with Gasteiger partial charge in [0.05, 0.1) is 12.9 Å². The summed E-state index contributed by atoms with van der Waals surface area (Å²) in [5.41, 5.74) is 0. The van der Waals surface area contributed by atoms with Crippen molar-refractivity contribution in [2.45, 2.75) is 26.2 Å². The molecular formula is C13H23FIN3O. The molecule has 0 aliphatic rings. The fourth-order valence-corrected chi connectivity index (χ4v) is 1.43. The summed E-state index contributed by atoms with van der Waals surface area (Å²) in [5.74, 6) is 1.69. The van der Waals surface area contributed by atoms with Crippen molar-refractivity contribution in [3.8, 4) is 0 Å². The van der Waals surface area contributed by atoms with Gasteiger partial charge in [0.25, 0.3) is 0 Å². The van der Waals surface area contributed by atoms with Crippen molar-refractivity contribution in [1.29, 1.82) is 0 Å². The summed E-state index contributed by atoms with van der Waals surface area (Å²) in [6.45, 7) is 3.89. The number of hydrogen-bond donors (Lipinski definition) is 2. The van der Waals surface area contributed by atoms with Crippen LogP contribution in [0.4, 0.5) is 4.39 Å². The van der Waals surface area contributed by atoms with Crippen LogP contribution in [0.1, 0.15) is 25.5 Å². The van der Waals surface area contributed by atoms with E-state index < -0.39 is 0 Å². The summed E-state index contributed by atoms with van der Waals surface area (Å²) in [6.07, 6.45) is 3.98. The first-order valence-electron chi connectivity index (χ1n) is 6.47. The van der Waals surface area contributed by atoms with E-state index in [2.05, 4.69) is 22.5 Å². The fraction of sp³-hybridized carbons (Fsp3) is 0.615. The molecule has 0 bridgehead atoms. The third kappa shape index (κ3) is 8.85. The largest absolute Gasteiger partial charge is 0.469 e. The van der Waals surface area contributed by atoms with E-state index in [9.17, 15) is 4.39 Å². The standard InChI is InChI=1S/C13H22FN3O.HI/c1-2-8-15-13(16-9-4-7-14)17-10-6-12-5-3-11-18-12;/h3,5,11H,2,4,6-10H2,1H3,(H2,15,16,17);1H. The Labute approximate surface area is 131 Å². The SMILES string of the molecule is CCCN=C(NCCCF)NCCc1ccco1.I. The summed E-state index contributed by atoms with van der Waals surface area (Å²) >= 11 is 0. The molecule has 0 saturated heterocycles. The van der Waals surface area contributed by atoms with Gasteiger partial charge in [0.15, 0.2) is 5.96 Å². The van der Waals surface area contributed by atoms with Crippen LogP contribution in [-0.4, -0.2) is 32.3 Å². The number of aliphatic imine (C=N–C) groups is 1. The van der Waals surface area contributed by atoms with Crippen molar-refractivity contribution in [3.63, 3.8) is 0 Å². The quantitative estimate of drug-likeness (QED) is 0.314. The molecule has 110 valence electrons. The van der Waals surface area contributed by atoms with Crippen LogP contribution in [0.15, 0.2) is 27.8 Å². The topological polar surface area (TPSA) is 49.6 Å². The third-order valence-corrected chi connectivity index (χ3v) is 2.34. The molecule has 0 atom stereocenters. The predicted octanol–water partition coefficient (Wildman–Crippen LogP) is 2.74. The van der Waals surface area contributed by atoms with Gasteiger partial charge in [0.2, 0.25) is 0 Å². The lowest BCUT2D eigenvalue weighted by molar-refractivity contribution is 0.470. The smallest absolute Gasteiger partial charge is 0.191 e. The number of halogens is 2. The highest BCUT2D eigenvalue weighted by Crippen LogP contribution is 1.99. The van der Waals surface area contributed by atoms with E-state index in [1.165, 1.54) is 0 Å². The van der Waals surface area contributed by atoms with E-state index >= 15 is 0 Å². The Balaban J connectivity index is 0.00000324. The normalized spacial score (nSPS) is 10.9. The minimum atomic E-state index is -0.305. The molecule has 0 unspecified atom stereocenters. The minimum Gasteiger partial charge on any atom is -0.469 e. The molecular weight excluding hydrogens is 360 g/mol. The molecule has 2 N–H and O–H groups in total. The van der Waals surface area contributed by atoms with Gasteiger partial charge in [-0.15, -0.1) is 24.0 Å². The van der Waals surface area contributed by atoms with E-state index in [1.54, 1.807) is 6.26 Å². The molecule has 1 aromatic heterocycles. The van der Waals surface area contributed by atoms with E-state index in [-0.39, 0.29) is 30.7 Å². The Kier molecular flexibility index (Phi) is 11.7. The second-order valence-electron chi connectivity index (χ2n) is 3.96. The maximum absolute atomic E-state index is 12.0. The Bertz CT molecular complexity index is 331. The summed E-state index contributed by atoms with van der Waals surface area (Å²) in [4.78, 5) is 4.37. The molecule has 0 radical (unpaired) electrons. The maximum Gasteiger partial charge on any atom is 0.191 e. The Hall–Kier alpha value is -0.790. The molecule has 0 saturated carbocycles. The first kappa shape index (κ1) is 18.2. The molecule has 0 spiro atoms. The molecule has 0 fully saturated rings. The van der Waals surface area contributed by atoms with Crippen molar-refractivity contribution in [2.75, 3.05) is 26.3 Å². The molecule has 0 aliphatic carbocycles. The number of hydrogen-bond acceptors (Lipinski definition) is 2. The highest BCUT2D eigenvalue weighted by molar-refractivity contribution is 14.0. The van der Waals surface area contributed by atoms with Crippen LogP contribution in [0.3, 0.4) is 0 Å². The van der Waals surface area contributed by atoms with Crippen LogP contribution in [0.25, 0.3) is 0 Å². The molecule has 19 heavy (non-hydrogen) atoms. The van der Waals surface area contributed by atoms with Gasteiger partial charge in [-0.25, -0.2) is 0 Å². The molecule has 1 rings (SSSR count). The van der Waals surface area contributed by atoms with E-state index in [4.69, 9.17) is 4.42 Å². The van der Waals surface area contributed by atoms with Crippen molar-refractivity contribution in [2.24, 2.45) is 4.99 Å². The van der Waals surface area contributed by atoms with Crippen LogP contribution < -0.4 is 10.6 Å². The van der Waals surface area contributed by atoms with Crippen molar-refractivity contribution >= 4 is 29.9 Å². The number of guanidine groups is 1. The Morgan fingerprint density at radius 2 is 2.16 bits per heavy atom. The molecule has 4 nitrogen and oxygen atoms in total. The molecule has 0 aliphatic heterocycles. The zero-order valence-corrected chi connectivity index (χ0v) is 13.7. The summed E-state index contributed by atoms with van der Waals surface area (Å²) < 4.78 is 17.3. The highest BCUT2D eigenvalue weighted by Gasteiger charge is 1.99. The number of furan rings is 1. The molecule has 1 aromatic rings. The third-order valence-electron chi connectivity index (χ3n) is 2.34. The van der Waals surface area contributed by atoms with Gasteiger partial charge in [-0.05, 0) is 25.0 Å².